The van der Waals surface area contributed by atoms with Gasteiger partial charge in [-0.1, -0.05) is 11.6 Å². The summed E-state index contributed by atoms with van der Waals surface area (Å²) in [6.07, 6.45) is 0. The fourth-order valence-corrected chi connectivity index (χ4v) is 2.10. The second kappa shape index (κ2) is 4.91. The Morgan fingerprint density at radius 1 is 1.50 bits per heavy atom. The zero-order chi connectivity index (χ0) is 13.3. The fourth-order valence-electron chi connectivity index (χ4n) is 1.83. The van der Waals surface area contributed by atoms with Crippen molar-refractivity contribution < 1.29 is 24.5 Å². The zero-order valence-electron chi connectivity index (χ0n) is 9.35. The van der Waals surface area contributed by atoms with Crippen LogP contribution in [0.25, 0.3) is 0 Å². The predicted octanol–water partition coefficient (Wildman–Crippen LogP) is 0.944. The molecule has 1 aromatic rings. The molecule has 7 heteroatoms. The number of phenolic OH excluding ortho intramolecular Hbond substituents is 1. The fraction of sp³-hybridized carbons (Fsp3) is 0.364. The van der Waals surface area contributed by atoms with Crippen LogP contribution in [0.5, 0.6) is 17.2 Å². The quantitative estimate of drug-likeness (QED) is 0.758. The highest BCUT2D eigenvalue weighted by Crippen LogP contribution is 2.46. The van der Waals surface area contributed by atoms with Crippen molar-refractivity contribution in [2.75, 3.05) is 19.8 Å². The van der Waals surface area contributed by atoms with Gasteiger partial charge in [0.2, 0.25) is 0 Å². The Kier molecular flexibility index (Phi) is 3.49. The third-order valence-corrected chi connectivity index (χ3v) is 3.06. The molecule has 1 heterocycles. The number of benzene rings is 1. The Labute approximate surface area is 108 Å². The number of fused-ring (bicyclic) bond motifs is 1. The molecule has 4 N–H and O–H groups in total. The molecule has 0 saturated heterocycles. The number of ether oxygens (including phenoxy) is 2. The molecule has 98 valence electrons. The third kappa shape index (κ3) is 2.04. The Morgan fingerprint density at radius 3 is 2.78 bits per heavy atom. The lowest BCUT2D eigenvalue weighted by Crippen LogP contribution is -2.24. The molecular weight excluding hydrogens is 262 g/mol. The molecule has 0 amide bonds. The number of nitrogens with two attached hydrogens (primary N) is 1. The number of rotatable bonds is 3. The zero-order valence-corrected chi connectivity index (χ0v) is 10.1. The number of hydrogen-bond donors (Lipinski definition) is 3. The maximum atomic E-state index is 11.2. The minimum absolute atomic E-state index is 0.0721. The highest BCUT2D eigenvalue weighted by atomic mass is 35.5. The van der Waals surface area contributed by atoms with Crippen molar-refractivity contribution in [3.05, 3.63) is 16.7 Å². The summed E-state index contributed by atoms with van der Waals surface area (Å²) in [6, 6.07) is 1.30. The second-order valence-electron chi connectivity index (χ2n) is 3.77. The number of aliphatic carboxylic acids is 1. The lowest BCUT2D eigenvalue weighted by molar-refractivity contribution is -0.138. The topological polar surface area (TPSA) is 102 Å². The molecule has 1 aliphatic rings. The molecule has 0 bridgehead atoms. The second-order valence-corrected chi connectivity index (χ2v) is 4.15. The minimum atomic E-state index is -1.14. The van der Waals surface area contributed by atoms with Crippen molar-refractivity contribution in [2.24, 2.45) is 5.73 Å². The average Bonchev–Trinajstić information content (AvgIpc) is 2.34. The lowest BCUT2D eigenvalue weighted by Gasteiger charge is -2.24. The van der Waals surface area contributed by atoms with E-state index < -0.39 is 11.9 Å². The Hall–Kier alpha value is -1.66. The summed E-state index contributed by atoms with van der Waals surface area (Å²) in [5, 5.41) is 18.7. The summed E-state index contributed by atoms with van der Waals surface area (Å²) in [7, 11) is 0. The van der Waals surface area contributed by atoms with Crippen molar-refractivity contribution in [1.82, 2.24) is 0 Å². The van der Waals surface area contributed by atoms with Gasteiger partial charge in [-0.25, -0.2) is 0 Å². The van der Waals surface area contributed by atoms with Gasteiger partial charge in [0.25, 0.3) is 0 Å². The summed E-state index contributed by atoms with van der Waals surface area (Å²) in [5.74, 6) is -1.93. The molecule has 1 unspecified atom stereocenters. The minimum Gasteiger partial charge on any atom is -0.506 e. The molecule has 2 rings (SSSR count). The van der Waals surface area contributed by atoms with Crippen molar-refractivity contribution in [3.8, 4) is 17.2 Å². The molecule has 0 saturated carbocycles. The molecule has 0 aliphatic carbocycles. The average molecular weight is 274 g/mol. The van der Waals surface area contributed by atoms with E-state index in [9.17, 15) is 9.90 Å². The van der Waals surface area contributed by atoms with Crippen LogP contribution in [-0.4, -0.2) is 35.9 Å². The first-order valence-electron chi connectivity index (χ1n) is 5.30. The normalized spacial score (nSPS) is 15.2. The number of carboxylic acids is 1. The molecule has 1 atom stereocenters. The SMILES string of the molecule is NCC(C(=O)O)c1c(Cl)c(O)cc2c1OCCO2. The van der Waals surface area contributed by atoms with Gasteiger partial charge in [-0.15, -0.1) is 0 Å². The molecular formula is C11H12ClNO5. The Bertz CT molecular complexity index is 491. The summed E-state index contributed by atoms with van der Waals surface area (Å²) >= 11 is 5.94. The van der Waals surface area contributed by atoms with Gasteiger partial charge in [0.15, 0.2) is 11.5 Å². The predicted molar refractivity (Wildman–Crippen MR) is 63.5 cm³/mol. The number of phenols is 1. The van der Waals surface area contributed by atoms with Gasteiger partial charge in [0.1, 0.15) is 19.0 Å². The van der Waals surface area contributed by atoms with Crippen LogP contribution in [0.3, 0.4) is 0 Å². The molecule has 1 aliphatic heterocycles. The third-order valence-electron chi connectivity index (χ3n) is 2.67. The highest BCUT2D eigenvalue weighted by Gasteiger charge is 2.31. The van der Waals surface area contributed by atoms with E-state index in [-0.39, 0.29) is 41.0 Å². The van der Waals surface area contributed by atoms with Gasteiger partial charge in [0, 0.05) is 18.2 Å². The lowest BCUT2D eigenvalue weighted by atomic mass is 9.97. The van der Waals surface area contributed by atoms with E-state index in [1.807, 2.05) is 0 Å². The number of hydrogen-bond acceptors (Lipinski definition) is 5. The maximum Gasteiger partial charge on any atom is 0.312 e. The Morgan fingerprint density at radius 2 is 2.17 bits per heavy atom. The van der Waals surface area contributed by atoms with E-state index in [0.717, 1.165) is 0 Å². The highest BCUT2D eigenvalue weighted by molar-refractivity contribution is 6.33. The molecule has 1 aromatic carbocycles. The van der Waals surface area contributed by atoms with Gasteiger partial charge in [0.05, 0.1) is 10.9 Å². The molecule has 0 radical (unpaired) electrons. The summed E-state index contributed by atoms with van der Waals surface area (Å²) in [4.78, 5) is 11.2. The Balaban J connectivity index is 2.63. The number of carboxylic acid groups (broad SMARTS) is 1. The van der Waals surface area contributed by atoms with Crippen LogP contribution in [0.4, 0.5) is 0 Å². The van der Waals surface area contributed by atoms with Gasteiger partial charge < -0.3 is 25.4 Å². The molecule has 18 heavy (non-hydrogen) atoms. The van der Waals surface area contributed by atoms with Crippen LogP contribution in [0.2, 0.25) is 5.02 Å². The van der Waals surface area contributed by atoms with E-state index in [2.05, 4.69) is 0 Å². The van der Waals surface area contributed by atoms with Crippen molar-refractivity contribution in [1.29, 1.82) is 0 Å². The smallest absolute Gasteiger partial charge is 0.312 e. The van der Waals surface area contributed by atoms with Crippen LogP contribution in [0.1, 0.15) is 11.5 Å². The van der Waals surface area contributed by atoms with E-state index in [0.29, 0.717) is 6.61 Å². The maximum absolute atomic E-state index is 11.2. The van der Waals surface area contributed by atoms with Gasteiger partial charge in [-0.3, -0.25) is 4.79 Å². The molecule has 0 fully saturated rings. The van der Waals surface area contributed by atoms with E-state index >= 15 is 0 Å². The van der Waals surface area contributed by atoms with E-state index in [1.165, 1.54) is 6.07 Å². The van der Waals surface area contributed by atoms with Crippen molar-refractivity contribution in [3.63, 3.8) is 0 Å². The number of aromatic hydroxyl groups is 1. The summed E-state index contributed by atoms with van der Waals surface area (Å²) in [6.45, 7) is 0.459. The van der Waals surface area contributed by atoms with Crippen LogP contribution in [0, 0.1) is 0 Å². The monoisotopic (exact) mass is 273 g/mol. The van der Waals surface area contributed by atoms with E-state index in [4.69, 9.17) is 31.9 Å². The van der Waals surface area contributed by atoms with Crippen molar-refractivity contribution in [2.45, 2.75) is 5.92 Å². The van der Waals surface area contributed by atoms with E-state index in [1.54, 1.807) is 0 Å². The van der Waals surface area contributed by atoms with Crippen LogP contribution < -0.4 is 15.2 Å². The first kappa shape index (κ1) is 12.8. The van der Waals surface area contributed by atoms with Gasteiger partial charge in [-0.2, -0.15) is 0 Å². The van der Waals surface area contributed by atoms with Crippen LogP contribution in [-0.2, 0) is 4.79 Å². The standard InChI is InChI=1S/C11H12ClNO5/c12-9-6(14)3-7-10(18-2-1-17-7)8(9)5(4-13)11(15)16/h3,5,14H,1-2,4,13H2,(H,15,16). The number of halogens is 1. The summed E-state index contributed by atoms with van der Waals surface area (Å²) < 4.78 is 10.7. The first-order valence-corrected chi connectivity index (χ1v) is 5.68. The summed E-state index contributed by atoms with van der Waals surface area (Å²) in [5.41, 5.74) is 5.59. The van der Waals surface area contributed by atoms with Crippen LogP contribution >= 0.6 is 11.6 Å². The van der Waals surface area contributed by atoms with Crippen molar-refractivity contribution >= 4 is 17.6 Å². The molecule has 6 nitrogen and oxygen atoms in total. The van der Waals surface area contributed by atoms with Gasteiger partial charge in [-0.05, 0) is 0 Å². The first-order chi connectivity index (χ1) is 8.56. The van der Waals surface area contributed by atoms with Crippen LogP contribution in [0.15, 0.2) is 6.07 Å². The molecule has 0 aromatic heterocycles. The largest absolute Gasteiger partial charge is 0.506 e. The van der Waals surface area contributed by atoms with Gasteiger partial charge >= 0.3 is 5.97 Å². The number of carbonyl (C=O) groups is 1. The molecule has 0 spiro atoms.